The Balaban J connectivity index is 1.73. The Kier molecular flexibility index (Phi) is 5.04. The fourth-order valence-corrected chi connectivity index (χ4v) is 4.51. The van der Waals surface area contributed by atoms with Gasteiger partial charge >= 0.3 is 0 Å². The van der Waals surface area contributed by atoms with E-state index in [0.717, 1.165) is 63.0 Å². The fourth-order valence-electron chi connectivity index (χ4n) is 4.51. The van der Waals surface area contributed by atoms with Crippen molar-refractivity contribution in [3.05, 3.63) is 41.1 Å². The number of imide groups is 1. The van der Waals surface area contributed by atoms with Crippen LogP contribution in [0, 0.1) is 6.92 Å². The molecule has 1 aromatic carbocycles. The van der Waals surface area contributed by atoms with Gasteiger partial charge in [0.1, 0.15) is 5.70 Å². The molecule has 0 radical (unpaired) electrons. The van der Waals surface area contributed by atoms with Gasteiger partial charge in [0, 0.05) is 32.2 Å². The molecule has 5 nitrogen and oxygen atoms in total. The van der Waals surface area contributed by atoms with Crippen LogP contribution in [0.5, 0.6) is 0 Å². The third-order valence-corrected chi connectivity index (χ3v) is 6.19. The van der Waals surface area contributed by atoms with Crippen molar-refractivity contribution in [3.8, 4) is 0 Å². The summed E-state index contributed by atoms with van der Waals surface area (Å²) in [5.41, 5.74) is 3.25. The van der Waals surface area contributed by atoms with Gasteiger partial charge in [0.05, 0.1) is 5.57 Å². The molecule has 1 saturated carbocycles. The lowest BCUT2D eigenvalue weighted by molar-refractivity contribution is -0.141. The molecule has 0 spiro atoms. The molecule has 2 fully saturated rings. The molecule has 5 heteroatoms. The van der Waals surface area contributed by atoms with Crippen LogP contribution in [0.3, 0.4) is 0 Å². The van der Waals surface area contributed by atoms with Crippen LogP contribution in [-0.4, -0.2) is 65.8 Å². The highest BCUT2D eigenvalue weighted by Gasteiger charge is 2.45. The molecule has 144 valence electrons. The van der Waals surface area contributed by atoms with Crippen molar-refractivity contribution in [3.63, 3.8) is 0 Å². The molecule has 1 aliphatic carbocycles. The standard InChI is InChI=1S/C22H29N3O2/c1-16-8-10-17(11-9-16)19-20(24-14-12-23(2)13-15-24)22(27)25(21(19)26)18-6-4-3-5-7-18/h8-11,18H,3-7,12-15H2,1-2H3. The molecule has 0 unspecified atom stereocenters. The molecular weight excluding hydrogens is 338 g/mol. The van der Waals surface area contributed by atoms with Gasteiger partial charge in [-0.2, -0.15) is 0 Å². The SMILES string of the molecule is Cc1ccc(C2=C(N3CCN(C)CC3)C(=O)N(C3CCCCC3)C2=O)cc1. The lowest BCUT2D eigenvalue weighted by Gasteiger charge is -2.35. The van der Waals surface area contributed by atoms with Gasteiger partial charge in [0.15, 0.2) is 0 Å². The molecule has 27 heavy (non-hydrogen) atoms. The molecule has 0 bridgehead atoms. The second kappa shape index (κ2) is 7.47. The molecular formula is C22H29N3O2. The summed E-state index contributed by atoms with van der Waals surface area (Å²) in [5, 5.41) is 0. The highest BCUT2D eigenvalue weighted by atomic mass is 16.2. The third kappa shape index (κ3) is 3.41. The predicted octanol–water partition coefficient (Wildman–Crippen LogP) is 2.66. The van der Waals surface area contributed by atoms with Crippen LogP contribution in [0.1, 0.15) is 43.2 Å². The van der Waals surface area contributed by atoms with E-state index in [4.69, 9.17) is 0 Å². The van der Waals surface area contributed by atoms with Crippen molar-refractivity contribution in [2.75, 3.05) is 33.2 Å². The number of hydrogen-bond donors (Lipinski definition) is 0. The van der Waals surface area contributed by atoms with E-state index in [2.05, 4.69) is 16.8 Å². The Bertz CT molecular complexity index is 754. The van der Waals surface area contributed by atoms with Gasteiger partial charge in [0.25, 0.3) is 11.8 Å². The Morgan fingerprint density at radius 3 is 2.11 bits per heavy atom. The van der Waals surface area contributed by atoms with Gasteiger partial charge in [-0.15, -0.1) is 0 Å². The van der Waals surface area contributed by atoms with Crippen molar-refractivity contribution < 1.29 is 9.59 Å². The topological polar surface area (TPSA) is 43.9 Å². The van der Waals surface area contributed by atoms with Crippen LogP contribution in [0.4, 0.5) is 0 Å². The minimum Gasteiger partial charge on any atom is -0.364 e. The quantitative estimate of drug-likeness (QED) is 0.771. The smallest absolute Gasteiger partial charge is 0.278 e. The Morgan fingerprint density at radius 2 is 1.48 bits per heavy atom. The van der Waals surface area contributed by atoms with Crippen molar-refractivity contribution >= 4 is 17.4 Å². The maximum absolute atomic E-state index is 13.4. The van der Waals surface area contributed by atoms with E-state index in [9.17, 15) is 9.59 Å². The van der Waals surface area contributed by atoms with Gasteiger partial charge < -0.3 is 9.80 Å². The summed E-state index contributed by atoms with van der Waals surface area (Å²) in [6.45, 7) is 5.44. The van der Waals surface area contributed by atoms with E-state index in [-0.39, 0.29) is 17.9 Å². The average Bonchev–Trinajstić information content (AvgIpc) is 2.94. The van der Waals surface area contributed by atoms with Gasteiger partial charge in [-0.05, 0) is 32.4 Å². The molecule has 1 aromatic rings. The predicted molar refractivity (Wildman–Crippen MR) is 106 cm³/mol. The van der Waals surface area contributed by atoms with E-state index >= 15 is 0 Å². The number of benzene rings is 1. The van der Waals surface area contributed by atoms with Crippen molar-refractivity contribution in [2.24, 2.45) is 0 Å². The Morgan fingerprint density at radius 1 is 0.852 bits per heavy atom. The van der Waals surface area contributed by atoms with Crippen LogP contribution >= 0.6 is 0 Å². The van der Waals surface area contributed by atoms with Crippen LogP contribution in [0.25, 0.3) is 5.57 Å². The number of amides is 2. The molecule has 0 atom stereocenters. The molecule has 2 aliphatic heterocycles. The molecule has 2 amide bonds. The summed E-state index contributed by atoms with van der Waals surface area (Å²) in [6.07, 6.45) is 5.29. The fraction of sp³-hybridized carbons (Fsp3) is 0.545. The zero-order chi connectivity index (χ0) is 19.0. The van der Waals surface area contributed by atoms with Gasteiger partial charge in [-0.3, -0.25) is 14.5 Å². The van der Waals surface area contributed by atoms with Crippen LogP contribution in [-0.2, 0) is 9.59 Å². The molecule has 3 aliphatic rings. The van der Waals surface area contributed by atoms with E-state index in [0.29, 0.717) is 11.3 Å². The first kappa shape index (κ1) is 18.2. The summed E-state index contributed by atoms with van der Waals surface area (Å²) in [4.78, 5) is 32.9. The first-order chi connectivity index (χ1) is 13.1. The molecule has 0 N–H and O–H groups in total. The highest BCUT2D eigenvalue weighted by Crippen LogP contribution is 2.36. The Hall–Kier alpha value is -2.14. The number of piperazine rings is 1. The zero-order valence-electron chi connectivity index (χ0n) is 16.4. The number of rotatable bonds is 3. The van der Waals surface area contributed by atoms with Crippen molar-refractivity contribution in [2.45, 2.75) is 45.1 Å². The first-order valence-electron chi connectivity index (χ1n) is 10.2. The molecule has 4 rings (SSSR count). The van der Waals surface area contributed by atoms with Crippen LogP contribution in [0.15, 0.2) is 30.0 Å². The summed E-state index contributed by atoms with van der Waals surface area (Å²) >= 11 is 0. The number of carbonyl (C=O) groups excluding carboxylic acids is 2. The number of nitrogens with zero attached hydrogens (tertiary/aromatic N) is 3. The lowest BCUT2D eigenvalue weighted by atomic mass is 9.94. The second-order valence-electron chi connectivity index (χ2n) is 8.15. The van der Waals surface area contributed by atoms with Gasteiger partial charge in [-0.1, -0.05) is 49.1 Å². The molecule has 0 aromatic heterocycles. The summed E-state index contributed by atoms with van der Waals surface area (Å²) in [7, 11) is 2.10. The lowest BCUT2D eigenvalue weighted by Crippen LogP contribution is -2.47. The van der Waals surface area contributed by atoms with E-state index in [1.54, 1.807) is 4.90 Å². The van der Waals surface area contributed by atoms with Crippen LogP contribution < -0.4 is 0 Å². The van der Waals surface area contributed by atoms with E-state index in [1.807, 2.05) is 31.2 Å². The number of aryl methyl sites for hydroxylation is 1. The minimum atomic E-state index is -0.0929. The van der Waals surface area contributed by atoms with Crippen LogP contribution in [0.2, 0.25) is 0 Å². The van der Waals surface area contributed by atoms with Gasteiger partial charge in [-0.25, -0.2) is 0 Å². The maximum atomic E-state index is 13.4. The average molecular weight is 367 g/mol. The van der Waals surface area contributed by atoms with E-state index in [1.165, 1.54) is 6.42 Å². The van der Waals surface area contributed by atoms with Crippen molar-refractivity contribution in [1.29, 1.82) is 0 Å². The van der Waals surface area contributed by atoms with Gasteiger partial charge in [0.2, 0.25) is 0 Å². The second-order valence-corrected chi connectivity index (χ2v) is 8.15. The maximum Gasteiger partial charge on any atom is 0.278 e. The zero-order valence-corrected chi connectivity index (χ0v) is 16.4. The molecule has 1 saturated heterocycles. The first-order valence-corrected chi connectivity index (χ1v) is 10.2. The summed E-state index contributed by atoms with van der Waals surface area (Å²) < 4.78 is 0. The largest absolute Gasteiger partial charge is 0.364 e. The Labute approximate surface area is 161 Å². The van der Waals surface area contributed by atoms with E-state index < -0.39 is 0 Å². The monoisotopic (exact) mass is 367 g/mol. The molecule has 2 heterocycles. The number of carbonyl (C=O) groups is 2. The van der Waals surface area contributed by atoms with Crippen molar-refractivity contribution in [1.82, 2.24) is 14.7 Å². The normalized spacial score (nSPS) is 22.9. The number of likely N-dealkylation sites (N-methyl/N-ethyl adjacent to an activating group) is 1. The minimum absolute atomic E-state index is 0.0594. The summed E-state index contributed by atoms with van der Waals surface area (Å²) in [5.74, 6) is -0.170. The highest BCUT2D eigenvalue weighted by molar-refractivity contribution is 6.35. The summed E-state index contributed by atoms with van der Waals surface area (Å²) in [6, 6.07) is 8.06. The number of hydrogen-bond acceptors (Lipinski definition) is 4. The third-order valence-electron chi connectivity index (χ3n) is 6.19.